The molecule has 0 aliphatic rings. The second-order valence-corrected chi connectivity index (χ2v) is 6.75. The highest BCUT2D eigenvalue weighted by Gasteiger charge is 2.31. The molecule has 0 atom stereocenters. The van der Waals surface area contributed by atoms with Gasteiger partial charge < -0.3 is 14.8 Å². The molecule has 4 rings (SSSR count). The van der Waals surface area contributed by atoms with Crippen LogP contribution in [0.2, 0.25) is 0 Å². The molecule has 4 aromatic rings. The second kappa shape index (κ2) is 7.59. The molecule has 0 amide bonds. The number of nitrogens with one attached hydrogen (secondary N) is 1. The van der Waals surface area contributed by atoms with Crippen molar-refractivity contribution in [1.82, 2.24) is 4.98 Å². The summed E-state index contributed by atoms with van der Waals surface area (Å²) in [5.74, 6) is 0.0266. The van der Waals surface area contributed by atoms with Crippen LogP contribution in [0.4, 0.5) is 13.2 Å². The fraction of sp³-hybridized carbons (Fsp3) is 0.0870. The molecule has 4 nitrogen and oxygen atoms in total. The molecule has 1 aromatic heterocycles. The van der Waals surface area contributed by atoms with Crippen molar-refractivity contribution in [2.45, 2.75) is 12.6 Å². The summed E-state index contributed by atoms with van der Waals surface area (Å²) in [6, 6.07) is 19.0. The van der Waals surface area contributed by atoms with E-state index < -0.39 is 17.7 Å². The third-order valence-electron chi connectivity index (χ3n) is 4.66. The van der Waals surface area contributed by atoms with Gasteiger partial charge >= 0.3 is 12.1 Å². The van der Waals surface area contributed by atoms with Gasteiger partial charge in [0.15, 0.2) is 0 Å². The van der Waals surface area contributed by atoms with Crippen molar-refractivity contribution in [3.05, 3.63) is 83.9 Å². The number of para-hydroxylation sites is 1. The van der Waals surface area contributed by atoms with Crippen LogP contribution >= 0.6 is 0 Å². The highest BCUT2D eigenvalue weighted by molar-refractivity contribution is 5.94. The number of carbonyl (C=O) groups is 1. The van der Waals surface area contributed by atoms with E-state index in [1.807, 2.05) is 18.2 Å². The maximum absolute atomic E-state index is 13.1. The zero-order valence-electron chi connectivity index (χ0n) is 15.5. The first kappa shape index (κ1) is 19.6. The third-order valence-corrected chi connectivity index (χ3v) is 4.66. The molecule has 0 saturated carbocycles. The van der Waals surface area contributed by atoms with Gasteiger partial charge in [-0.1, -0.05) is 30.3 Å². The largest absolute Gasteiger partial charge is 0.481 e. The van der Waals surface area contributed by atoms with Crippen LogP contribution in [0.5, 0.6) is 11.5 Å². The summed E-state index contributed by atoms with van der Waals surface area (Å²) in [6.07, 6.45) is -4.84. The first-order valence-corrected chi connectivity index (χ1v) is 9.08. The van der Waals surface area contributed by atoms with Gasteiger partial charge in [-0.2, -0.15) is 13.2 Å². The van der Waals surface area contributed by atoms with Gasteiger partial charge in [-0.05, 0) is 53.6 Å². The van der Waals surface area contributed by atoms with Crippen LogP contribution < -0.4 is 4.74 Å². The van der Waals surface area contributed by atoms with Crippen molar-refractivity contribution >= 4 is 16.9 Å². The van der Waals surface area contributed by atoms with Crippen molar-refractivity contribution < 1.29 is 27.8 Å². The first-order valence-electron chi connectivity index (χ1n) is 9.08. The number of ether oxygens (including phenoxy) is 1. The number of halogens is 3. The molecule has 1 heterocycles. The van der Waals surface area contributed by atoms with E-state index >= 15 is 0 Å². The summed E-state index contributed by atoms with van der Waals surface area (Å²) in [5.41, 5.74) is 0.820. The third kappa shape index (κ3) is 4.00. The number of hydrogen-bond donors (Lipinski definition) is 2. The number of aromatic amines is 1. The molecule has 0 radical (unpaired) electrons. The van der Waals surface area contributed by atoms with Gasteiger partial charge in [0.25, 0.3) is 0 Å². The number of carboxylic acids is 1. The van der Waals surface area contributed by atoms with Crippen molar-refractivity contribution in [1.29, 1.82) is 0 Å². The smallest absolute Gasteiger partial charge is 0.416 e. The predicted molar refractivity (Wildman–Crippen MR) is 107 cm³/mol. The van der Waals surface area contributed by atoms with E-state index in [0.717, 1.165) is 12.1 Å². The Balaban J connectivity index is 1.83. The van der Waals surface area contributed by atoms with Crippen LogP contribution in [0.3, 0.4) is 0 Å². The van der Waals surface area contributed by atoms with E-state index in [9.17, 15) is 23.1 Å². The van der Waals surface area contributed by atoms with Crippen LogP contribution in [-0.2, 0) is 17.4 Å². The van der Waals surface area contributed by atoms with Crippen LogP contribution in [0.25, 0.3) is 22.2 Å². The Morgan fingerprint density at radius 1 is 0.933 bits per heavy atom. The summed E-state index contributed by atoms with van der Waals surface area (Å²) in [6.45, 7) is 0. The molecule has 0 saturated heterocycles. The van der Waals surface area contributed by atoms with Crippen molar-refractivity contribution in [2.75, 3.05) is 0 Å². The quantitative estimate of drug-likeness (QED) is 0.407. The molecule has 0 fully saturated rings. The Kier molecular flexibility index (Phi) is 4.95. The van der Waals surface area contributed by atoms with Crippen LogP contribution in [-0.4, -0.2) is 16.1 Å². The molecule has 0 bridgehead atoms. The molecule has 0 spiro atoms. The van der Waals surface area contributed by atoms with E-state index in [-0.39, 0.29) is 12.0 Å². The first-order chi connectivity index (χ1) is 14.3. The maximum Gasteiger partial charge on any atom is 0.416 e. The molecule has 30 heavy (non-hydrogen) atoms. The number of alkyl halides is 3. The minimum atomic E-state index is -4.49. The normalized spacial score (nSPS) is 11.6. The van der Waals surface area contributed by atoms with E-state index in [1.165, 1.54) is 12.1 Å². The standard InChI is InChI=1S/C23H16F3NO3/c24-23(25,26)15-6-4-5-14(11-15)22-19(13-21(28)29)18-12-17(9-10-20(18)27-22)30-16-7-2-1-3-8-16/h1-12,27H,13H2,(H,28,29). The van der Waals surface area contributed by atoms with Gasteiger partial charge in [0, 0.05) is 10.9 Å². The average molecular weight is 411 g/mol. The molecule has 2 N–H and O–H groups in total. The Labute approximate surface area is 169 Å². The predicted octanol–water partition coefficient (Wildman–Crippen LogP) is 6.27. The number of carboxylic acid groups (broad SMARTS) is 1. The number of hydrogen-bond acceptors (Lipinski definition) is 2. The molecule has 3 aromatic carbocycles. The van der Waals surface area contributed by atoms with E-state index in [4.69, 9.17) is 4.74 Å². The Morgan fingerprint density at radius 3 is 2.40 bits per heavy atom. The SMILES string of the molecule is O=C(O)Cc1c(-c2cccc(C(F)(F)F)c2)[nH]c2ccc(Oc3ccccc3)cc12. The second-order valence-electron chi connectivity index (χ2n) is 6.75. The highest BCUT2D eigenvalue weighted by atomic mass is 19.4. The van der Waals surface area contributed by atoms with Crippen molar-refractivity contribution in [2.24, 2.45) is 0 Å². The topological polar surface area (TPSA) is 62.3 Å². The lowest BCUT2D eigenvalue weighted by Crippen LogP contribution is -2.05. The van der Waals surface area contributed by atoms with Gasteiger partial charge in [-0.3, -0.25) is 4.79 Å². The molecule has 7 heteroatoms. The van der Waals surface area contributed by atoms with E-state index in [2.05, 4.69) is 4.98 Å². The van der Waals surface area contributed by atoms with Crippen molar-refractivity contribution in [3.63, 3.8) is 0 Å². The highest BCUT2D eigenvalue weighted by Crippen LogP contribution is 2.37. The minimum Gasteiger partial charge on any atom is -0.481 e. The fourth-order valence-electron chi connectivity index (χ4n) is 3.35. The summed E-state index contributed by atoms with van der Waals surface area (Å²) in [7, 11) is 0. The lowest BCUT2D eigenvalue weighted by molar-refractivity contribution is -0.138. The van der Waals surface area contributed by atoms with Gasteiger partial charge in [0.2, 0.25) is 0 Å². The Bertz CT molecular complexity index is 1210. The molecule has 152 valence electrons. The molecular weight excluding hydrogens is 395 g/mol. The summed E-state index contributed by atoms with van der Waals surface area (Å²) in [5, 5.41) is 9.96. The molecule has 0 aliphatic heterocycles. The summed E-state index contributed by atoms with van der Waals surface area (Å²) in [4.78, 5) is 14.5. The molecule has 0 unspecified atom stereocenters. The number of fused-ring (bicyclic) bond motifs is 1. The lowest BCUT2D eigenvalue weighted by atomic mass is 10.0. The average Bonchev–Trinajstić information content (AvgIpc) is 3.05. The maximum atomic E-state index is 13.1. The zero-order valence-corrected chi connectivity index (χ0v) is 15.5. The number of aliphatic carboxylic acids is 1. The number of rotatable bonds is 5. The number of aromatic nitrogens is 1. The minimum absolute atomic E-state index is 0.266. The van der Waals surface area contributed by atoms with Gasteiger partial charge in [0.05, 0.1) is 17.7 Å². The molecular formula is C23H16F3NO3. The monoisotopic (exact) mass is 411 g/mol. The van der Waals surface area contributed by atoms with E-state index in [1.54, 1.807) is 30.3 Å². The Morgan fingerprint density at radius 2 is 1.70 bits per heavy atom. The number of benzene rings is 3. The fourth-order valence-corrected chi connectivity index (χ4v) is 3.35. The van der Waals surface area contributed by atoms with Gasteiger partial charge in [-0.15, -0.1) is 0 Å². The van der Waals surface area contributed by atoms with Crippen LogP contribution in [0.15, 0.2) is 72.8 Å². The van der Waals surface area contributed by atoms with Gasteiger partial charge in [0.1, 0.15) is 11.5 Å². The summed E-state index contributed by atoms with van der Waals surface area (Å²) >= 11 is 0. The Hall–Kier alpha value is -3.74. The summed E-state index contributed by atoms with van der Waals surface area (Å²) < 4.78 is 45.2. The van der Waals surface area contributed by atoms with Crippen LogP contribution in [0, 0.1) is 0 Å². The lowest BCUT2D eigenvalue weighted by Gasteiger charge is -2.09. The number of H-pyrrole nitrogens is 1. The van der Waals surface area contributed by atoms with Crippen LogP contribution in [0.1, 0.15) is 11.1 Å². The molecule has 0 aliphatic carbocycles. The zero-order chi connectivity index (χ0) is 21.3. The van der Waals surface area contributed by atoms with Crippen molar-refractivity contribution in [3.8, 4) is 22.8 Å². The van der Waals surface area contributed by atoms with Gasteiger partial charge in [-0.25, -0.2) is 0 Å². The van der Waals surface area contributed by atoms with E-state index in [0.29, 0.717) is 33.7 Å².